The second-order valence-electron chi connectivity index (χ2n) is 9.80. The highest BCUT2D eigenvalue weighted by atomic mass is 79.9. The Bertz CT molecular complexity index is 1380. The molecule has 0 atom stereocenters. The summed E-state index contributed by atoms with van der Waals surface area (Å²) in [5.74, 6) is 1.88. The van der Waals surface area contributed by atoms with Crippen LogP contribution in [0.25, 0.3) is 22.2 Å². The number of benzene rings is 2. The van der Waals surface area contributed by atoms with Crippen molar-refractivity contribution in [1.29, 1.82) is 0 Å². The highest BCUT2D eigenvalue weighted by Gasteiger charge is 2.23. The number of hydrogen-bond acceptors (Lipinski definition) is 7. The first kappa shape index (κ1) is 24.2. The van der Waals surface area contributed by atoms with E-state index in [-0.39, 0.29) is 0 Å². The van der Waals surface area contributed by atoms with E-state index in [9.17, 15) is 0 Å². The molecule has 4 heterocycles. The molecule has 192 valence electrons. The standard InChI is InChI=1S/C28H32BrN7O/c1-20-8-9-21(22-6-2-3-7-24(22)37-17-16-34-10-4-5-11-34)18-23(20)35-12-14-36(15-13-35)28-25-26(29)32-33-27(25)30-19-31-28/h2-3,6-9,18-19H,4-5,10-17H2,1H3,(H,30,31,32,33). The molecule has 6 rings (SSSR count). The number of aromatic amines is 1. The fourth-order valence-electron chi connectivity index (χ4n) is 5.45. The van der Waals surface area contributed by atoms with Crippen LogP contribution in [0.4, 0.5) is 11.5 Å². The molecule has 0 aliphatic carbocycles. The molecule has 2 aliphatic heterocycles. The van der Waals surface area contributed by atoms with Gasteiger partial charge in [0.1, 0.15) is 29.1 Å². The van der Waals surface area contributed by atoms with E-state index < -0.39 is 0 Å². The Balaban J connectivity index is 1.18. The van der Waals surface area contributed by atoms with Crippen LogP contribution in [0.1, 0.15) is 18.4 Å². The molecule has 0 spiro atoms. The van der Waals surface area contributed by atoms with Gasteiger partial charge < -0.3 is 14.5 Å². The molecule has 8 nitrogen and oxygen atoms in total. The fraction of sp³-hybridized carbons (Fsp3) is 0.393. The molecular formula is C28H32BrN7O. The molecule has 0 radical (unpaired) electrons. The maximum absolute atomic E-state index is 6.28. The molecule has 2 aromatic carbocycles. The highest BCUT2D eigenvalue weighted by Crippen LogP contribution is 2.35. The van der Waals surface area contributed by atoms with Crippen LogP contribution in [0.3, 0.4) is 0 Å². The molecular weight excluding hydrogens is 530 g/mol. The number of fused-ring (bicyclic) bond motifs is 1. The van der Waals surface area contributed by atoms with Crippen LogP contribution >= 0.6 is 15.9 Å². The number of halogens is 1. The minimum atomic E-state index is 0.723. The van der Waals surface area contributed by atoms with Crippen molar-refractivity contribution in [1.82, 2.24) is 25.1 Å². The summed E-state index contributed by atoms with van der Waals surface area (Å²) in [6.07, 6.45) is 4.22. The largest absolute Gasteiger partial charge is 0.492 e. The van der Waals surface area contributed by atoms with E-state index in [1.165, 1.54) is 42.7 Å². The molecule has 2 saturated heterocycles. The van der Waals surface area contributed by atoms with Gasteiger partial charge in [0.25, 0.3) is 0 Å². The van der Waals surface area contributed by atoms with Gasteiger partial charge in [-0.25, -0.2) is 9.97 Å². The van der Waals surface area contributed by atoms with Crippen molar-refractivity contribution in [3.05, 3.63) is 59.0 Å². The molecule has 0 amide bonds. The molecule has 2 fully saturated rings. The number of H-pyrrole nitrogens is 1. The van der Waals surface area contributed by atoms with E-state index in [0.717, 1.165) is 72.1 Å². The summed E-state index contributed by atoms with van der Waals surface area (Å²) < 4.78 is 7.04. The Hall–Kier alpha value is -3.17. The third-order valence-corrected chi connectivity index (χ3v) is 8.06. The van der Waals surface area contributed by atoms with E-state index >= 15 is 0 Å². The maximum atomic E-state index is 6.28. The number of nitrogens with zero attached hydrogens (tertiary/aromatic N) is 6. The minimum absolute atomic E-state index is 0.723. The predicted molar refractivity (Wildman–Crippen MR) is 152 cm³/mol. The molecule has 2 aliphatic rings. The van der Waals surface area contributed by atoms with Gasteiger partial charge in [0.2, 0.25) is 0 Å². The number of likely N-dealkylation sites (tertiary alicyclic amines) is 1. The number of nitrogens with one attached hydrogen (secondary N) is 1. The Morgan fingerprint density at radius 2 is 1.73 bits per heavy atom. The molecule has 0 unspecified atom stereocenters. The first-order chi connectivity index (χ1) is 18.2. The van der Waals surface area contributed by atoms with Gasteiger partial charge in [-0.3, -0.25) is 10.00 Å². The summed E-state index contributed by atoms with van der Waals surface area (Å²) in [5.41, 5.74) is 5.66. The minimum Gasteiger partial charge on any atom is -0.492 e. The molecule has 4 aromatic rings. The highest BCUT2D eigenvalue weighted by molar-refractivity contribution is 9.10. The quantitative estimate of drug-likeness (QED) is 0.344. The van der Waals surface area contributed by atoms with Gasteiger partial charge in [-0.2, -0.15) is 5.10 Å². The van der Waals surface area contributed by atoms with Crippen molar-refractivity contribution in [2.75, 3.05) is 62.2 Å². The molecule has 37 heavy (non-hydrogen) atoms. The van der Waals surface area contributed by atoms with Crippen LogP contribution in [-0.2, 0) is 0 Å². The van der Waals surface area contributed by atoms with Gasteiger partial charge in [0.15, 0.2) is 5.65 Å². The topological polar surface area (TPSA) is 73.4 Å². The van der Waals surface area contributed by atoms with Crippen molar-refractivity contribution >= 4 is 38.5 Å². The van der Waals surface area contributed by atoms with Crippen molar-refractivity contribution < 1.29 is 4.74 Å². The van der Waals surface area contributed by atoms with Gasteiger partial charge in [-0.05, 0) is 72.0 Å². The third kappa shape index (κ3) is 5.02. The second kappa shape index (κ2) is 10.7. The van der Waals surface area contributed by atoms with Crippen molar-refractivity contribution in [2.24, 2.45) is 0 Å². The van der Waals surface area contributed by atoms with Crippen LogP contribution in [0.5, 0.6) is 5.75 Å². The monoisotopic (exact) mass is 561 g/mol. The smallest absolute Gasteiger partial charge is 0.161 e. The molecule has 2 aromatic heterocycles. The van der Waals surface area contributed by atoms with Crippen molar-refractivity contribution in [2.45, 2.75) is 19.8 Å². The molecule has 0 saturated carbocycles. The van der Waals surface area contributed by atoms with Gasteiger partial charge in [-0.1, -0.05) is 30.3 Å². The Labute approximate surface area is 225 Å². The van der Waals surface area contributed by atoms with Crippen LogP contribution in [-0.4, -0.2) is 77.5 Å². The van der Waals surface area contributed by atoms with E-state index in [0.29, 0.717) is 0 Å². The van der Waals surface area contributed by atoms with Crippen molar-refractivity contribution in [3.63, 3.8) is 0 Å². The first-order valence-corrected chi connectivity index (χ1v) is 13.9. The predicted octanol–water partition coefficient (Wildman–Crippen LogP) is 4.89. The number of ether oxygens (including phenoxy) is 1. The lowest BCUT2D eigenvalue weighted by Gasteiger charge is -2.37. The number of aryl methyl sites for hydroxylation is 1. The number of piperazine rings is 1. The lowest BCUT2D eigenvalue weighted by Crippen LogP contribution is -2.47. The molecule has 0 bridgehead atoms. The van der Waals surface area contributed by atoms with Gasteiger partial charge >= 0.3 is 0 Å². The molecule has 1 N–H and O–H groups in total. The first-order valence-electron chi connectivity index (χ1n) is 13.1. The SMILES string of the molecule is Cc1ccc(-c2ccccc2OCCN2CCCC2)cc1N1CCN(c2ncnc3[nH]nc(Br)c23)CC1. The zero-order chi connectivity index (χ0) is 25.2. The summed E-state index contributed by atoms with van der Waals surface area (Å²) in [7, 11) is 0. The Kier molecular flexibility index (Phi) is 6.97. The number of para-hydroxylation sites is 1. The van der Waals surface area contributed by atoms with Crippen molar-refractivity contribution in [3.8, 4) is 16.9 Å². The summed E-state index contributed by atoms with van der Waals surface area (Å²) >= 11 is 3.54. The second-order valence-corrected chi connectivity index (χ2v) is 10.6. The number of hydrogen-bond donors (Lipinski definition) is 1. The van der Waals surface area contributed by atoms with Gasteiger partial charge in [-0.15, -0.1) is 0 Å². The summed E-state index contributed by atoms with van der Waals surface area (Å²) in [6.45, 7) is 9.89. The van der Waals surface area contributed by atoms with E-state index in [2.05, 4.69) is 100 Å². The zero-order valence-corrected chi connectivity index (χ0v) is 22.7. The lowest BCUT2D eigenvalue weighted by molar-refractivity contribution is 0.238. The average Bonchev–Trinajstić information content (AvgIpc) is 3.59. The summed E-state index contributed by atoms with van der Waals surface area (Å²) in [6, 6.07) is 15.2. The summed E-state index contributed by atoms with van der Waals surface area (Å²) in [5, 5.41) is 8.15. The van der Waals surface area contributed by atoms with Crippen LogP contribution in [0.2, 0.25) is 0 Å². The number of rotatable bonds is 7. The maximum Gasteiger partial charge on any atom is 0.161 e. The summed E-state index contributed by atoms with van der Waals surface area (Å²) in [4.78, 5) is 16.2. The fourth-order valence-corrected chi connectivity index (χ4v) is 5.90. The third-order valence-electron chi connectivity index (χ3n) is 7.48. The van der Waals surface area contributed by atoms with E-state index in [4.69, 9.17) is 4.74 Å². The van der Waals surface area contributed by atoms with Gasteiger partial charge in [0.05, 0.1) is 5.39 Å². The number of aromatic nitrogens is 4. The average molecular weight is 563 g/mol. The van der Waals surface area contributed by atoms with Crippen LogP contribution < -0.4 is 14.5 Å². The van der Waals surface area contributed by atoms with Gasteiger partial charge in [0, 0.05) is 44.0 Å². The normalized spacial score (nSPS) is 16.6. The van der Waals surface area contributed by atoms with E-state index in [1.807, 2.05) is 0 Å². The van der Waals surface area contributed by atoms with Crippen LogP contribution in [0, 0.1) is 6.92 Å². The van der Waals surface area contributed by atoms with E-state index in [1.54, 1.807) is 6.33 Å². The Morgan fingerprint density at radius 3 is 2.57 bits per heavy atom. The lowest BCUT2D eigenvalue weighted by atomic mass is 10.0. The van der Waals surface area contributed by atoms with Crippen LogP contribution in [0.15, 0.2) is 53.4 Å². The zero-order valence-electron chi connectivity index (χ0n) is 21.2. The molecule has 9 heteroatoms. The Morgan fingerprint density at radius 1 is 0.946 bits per heavy atom. The number of anilines is 2.